The Hall–Kier alpha value is -2.87. The molecule has 1 saturated carbocycles. The fraction of sp³-hybridized carbons (Fsp3) is 0.500. The van der Waals surface area contributed by atoms with Crippen LogP contribution in [0.1, 0.15) is 25.7 Å². The Balaban J connectivity index is 1.71. The van der Waals surface area contributed by atoms with Gasteiger partial charge in [0.2, 0.25) is 0 Å². The minimum Gasteiger partial charge on any atom is -0.457 e. The minimum atomic E-state index is -4.90. The van der Waals surface area contributed by atoms with E-state index in [-0.39, 0.29) is 55.3 Å². The van der Waals surface area contributed by atoms with Crippen LogP contribution in [0.2, 0.25) is 0 Å². The average molecular weight is 561 g/mol. The fourth-order valence-corrected chi connectivity index (χ4v) is 4.12. The SMILES string of the molecule is OC(CN(CC1CCC(OC(F)(F)F)CC1)c1cccc(Oc2ccc(OC(F)(F)F)cc2)c1)C(F)(F)F. The largest absolute Gasteiger partial charge is 0.573 e. The first-order valence-electron chi connectivity index (χ1n) is 11.5. The van der Waals surface area contributed by atoms with E-state index in [0.717, 1.165) is 12.1 Å². The first-order valence-corrected chi connectivity index (χ1v) is 11.5. The molecule has 0 amide bonds. The van der Waals surface area contributed by atoms with Crippen LogP contribution in [0.4, 0.5) is 45.2 Å². The molecule has 0 aliphatic heterocycles. The number of hydrogen-bond donors (Lipinski definition) is 1. The molecule has 1 atom stereocenters. The molecular weight excluding hydrogens is 537 g/mol. The maximum Gasteiger partial charge on any atom is 0.573 e. The van der Waals surface area contributed by atoms with E-state index in [1.807, 2.05) is 0 Å². The summed E-state index contributed by atoms with van der Waals surface area (Å²) in [7, 11) is 0. The van der Waals surface area contributed by atoms with Gasteiger partial charge in [-0.15, -0.1) is 26.3 Å². The second-order valence-electron chi connectivity index (χ2n) is 8.79. The summed E-state index contributed by atoms with van der Waals surface area (Å²) in [6.07, 6.45) is -17.5. The molecule has 1 aliphatic carbocycles. The lowest BCUT2D eigenvalue weighted by Gasteiger charge is -2.35. The maximum atomic E-state index is 13.1. The molecule has 0 heterocycles. The van der Waals surface area contributed by atoms with Gasteiger partial charge in [-0.2, -0.15) is 13.2 Å². The van der Waals surface area contributed by atoms with Gasteiger partial charge in [-0.1, -0.05) is 6.07 Å². The van der Waals surface area contributed by atoms with Gasteiger partial charge in [0, 0.05) is 18.3 Å². The van der Waals surface area contributed by atoms with E-state index in [9.17, 15) is 44.6 Å². The van der Waals surface area contributed by atoms with Crippen LogP contribution in [0, 0.1) is 5.92 Å². The molecule has 1 aliphatic rings. The Kier molecular flexibility index (Phi) is 9.29. The van der Waals surface area contributed by atoms with Crippen LogP contribution in [0.15, 0.2) is 48.5 Å². The maximum absolute atomic E-state index is 13.1. The van der Waals surface area contributed by atoms with Gasteiger partial charge in [-0.3, -0.25) is 4.74 Å². The molecule has 0 aromatic heterocycles. The zero-order valence-electron chi connectivity index (χ0n) is 19.6. The highest BCUT2D eigenvalue weighted by atomic mass is 19.4. The van der Waals surface area contributed by atoms with Gasteiger partial charge in [-0.05, 0) is 68.0 Å². The molecule has 1 N–H and O–H groups in total. The van der Waals surface area contributed by atoms with Crippen LogP contribution >= 0.6 is 0 Å². The second-order valence-corrected chi connectivity index (χ2v) is 8.79. The molecule has 38 heavy (non-hydrogen) atoms. The Bertz CT molecular complexity index is 1020. The van der Waals surface area contributed by atoms with Gasteiger partial charge in [0.05, 0.1) is 12.6 Å². The summed E-state index contributed by atoms with van der Waals surface area (Å²) in [6, 6.07) is 10.3. The molecule has 3 rings (SSSR count). The number of alkyl halides is 9. The third-order valence-corrected chi connectivity index (χ3v) is 5.82. The third-order valence-electron chi connectivity index (χ3n) is 5.82. The van der Waals surface area contributed by atoms with Crippen LogP contribution in [0.25, 0.3) is 0 Å². The van der Waals surface area contributed by atoms with Crippen molar-refractivity contribution in [1.29, 1.82) is 0 Å². The molecule has 0 spiro atoms. The molecule has 2 aromatic carbocycles. The van der Waals surface area contributed by atoms with Gasteiger partial charge in [-0.25, -0.2) is 0 Å². The molecule has 1 unspecified atom stereocenters. The summed E-state index contributed by atoms with van der Waals surface area (Å²) in [5.74, 6) is -0.446. The van der Waals surface area contributed by atoms with Crippen LogP contribution in [-0.2, 0) is 4.74 Å². The predicted molar refractivity (Wildman–Crippen MR) is 117 cm³/mol. The number of aliphatic hydroxyl groups excluding tert-OH is 1. The fourth-order valence-electron chi connectivity index (χ4n) is 4.12. The van der Waals surface area contributed by atoms with Crippen molar-refractivity contribution < 1.29 is 58.8 Å². The molecule has 1 fully saturated rings. The molecule has 5 nitrogen and oxygen atoms in total. The van der Waals surface area contributed by atoms with E-state index >= 15 is 0 Å². The normalized spacial score (nSPS) is 19.6. The first-order chi connectivity index (χ1) is 17.6. The summed E-state index contributed by atoms with van der Waals surface area (Å²) in [4.78, 5) is 1.28. The Morgan fingerprint density at radius 2 is 1.39 bits per heavy atom. The number of benzene rings is 2. The van der Waals surface area contributed by atoms with Crippen molar-refractivity contribution in [2.24, 2.45) is 5.92 Å². The monoisotopic (exact) mass is 561 g/mol. The molecule has 14 heteroatoms. The Morgan fingerprint density at radius 3 is 1.95 bits per heavy atom. The lowest BCUT2D eigenvalue weighted by atomic mass is 9.87. The highest BCUT2D eigenvalue weighted by molar-refractivity contribution is 5.52. The number of ether oxygens (including phenoxy) is 3. The smallest absolute Gasteiger partial charge is 0.457 e. The van der Waals surface area contributed by atoms with Gasteiger partial charge >= 0.3 is 18.9 Å². The van der Waals surface area contributed by atoms with Gasteiger partial charge < -0.3 is 19.5 Å². The number of hydrogen-bond acceptors (Lipinski definition) is 5. The Labute approximate surface area is 211 Å². The molecule has 0 bridgehead atoms. The van der Waals surface area contributed by atoms with Gasteiger partial charge in [0.15, 0.2) is 6.10 Å². The van der Waals surface area contributed by atoms with E-state index in [4.69, 9.17) is 4.74 Å². The van der Waals surface area contributed by atoms with Crippen LogP contribution < -0.4 is 14.4 Å². The van der Waals surface area contributed by atoms with Crippen molar-refractivity contribution in [1.82, 2.24) is 0 Å². The highest BCUT2D eigenvalue weighted by Gasteiger charge is 2.40. The van der Waals surface area contributed by atoms with E-state index in [1.54, 1.807) is 0 Å². The van der Waals surface area contributed by atoms with E-state index in [0.29, 0.717) is 0 Å². The molecular formula is C24H24F9NO4. The third kappa shape index (κ3) is 9.78. The Morgan fingerprint density at radius 1 is 0.789 bits per heavy atom. The second kappa shape index (κ2) is 11.9. The van der Waals surface area contributed by atoms with Crippen molar-refractivity contribution in [3.8, 4) is 17.2 Å². The van der Waals surface area contributed by atoms with Crippen molar-refractivity contribution in [3.63, 3.8) is 0 Å². The number of nitrogens with zero attached hydrogens (tertiary/aromatic N) is 1. The van der Waals surface area contributed by atoms with Crippen molar-refractivity contribution >= 4 is 5.69 Å². The summed E-state index contributed by atoms with van der Waals surface area (Å²) in [6.45, 7) is -0.797. The van der Waals surface area contributed by atoms with Crippen LogP contribution in [0.3, 0.4) is 0 Å². The molecule has 212 valence electrons. The minimum absolute atomic E-state index is 0.0266. The van der Waals surface area contributed by atoms with E-state index in [1.165, 1.54) is 41.3 Å². The first kappa shape index (κ1) is 29.7. The molecule has 0 saturated heterocycles. The standard InChI is InChI=1S/C24H24F9NO4/c25-22(26,27)21(35)14-34(13-15-4-6-18(7-5-15)37-23(28,29)30)16-2-1-3-20(12-16)36-17-8-10-19(11-9-17)38-24(31,32)33/h1-3,8-12,15,18,21,35H,4-7,13-14H2. The van der Waals surface area contributed by atoms with E-state index < -0.39 is 43.4 Å². The summed E-state index contributed by atoms with van der Waals surface area (Å²) in [5.41, 5.74) is 0.247. The van der Waals surface area contributed by atoms with Crippen molar-refractivity contribution in [3.05, 3.63) is 48.5 Å². The van der Waals surface area contributed by atoms with Crippen molar-refractivity contribution in [2.75, 3.05) is 18.0 Å². The summed E-state index contributed by atoms with van der Waals surface area (Å²) in [5, 5.41) is 9.69. The molecule has 2 aromatic rings. The van der Waals surface area contributed by atoms with E-state index in [2.05, 4.69) is 9.47 Å². The lowest BCUT2D eigenvalue weighted by Crippen LogP contribution is -2.43. The quantitative estimate of drug-likeness (QED) is 0.328. The number of halogens is 9. The van der Waals surface area contributed by atoms with Crippen LogP contribution in [0.5, 0.6) is 17.2 Å². The lowest BCUT2D eigenvalue weighted by molar-refractivity contribution is -0.345. The zero-order chi connectivity index (χ0) is 28.1. The van der Waals surface area contributed by atoms with Gasteiger partial charge in [0.25, 0.3) is 0 Å². The highest BCUT2D eigenvalue weighted by Crippen LogP contribution is 2.34. The van der Waals surface area contributed by atoms with Gasteiger partial charge in [0.1, 0.15) is 17.2 Å². The molecule has 0 radical (unpaired) electrons. The number of rotatable bonds is 9. The van der Waals surface area contributed by atoms with Crippen LogP contribution in [-0.4, -0.2) is 49.3 Å². The number of aliphatic hydroxyl groups is 1. The van der Waals surface area contributed by atoms with Crippen molar-refractivity contribution in [2.45, 2.75) is 56.8 Å². The predicted octanol–water partition coefficient (Wildman–Crippen LogP) is 7.20. The average Bonchev–Trinajstić information content (AvgIpc) is 2.79. The summed E-state index contributed by atoms with van der Waals surface area (Å²) < 4.78 is 127. The number of anilines is 1. The topological polar surface area (TPSA) is 51.2 Å². The zero-order valence-corrected chi connectivity index (χ0v) is 19.6. The summed E-state index contributed by atoms with van der Waals surface area (Å²) >= 11 is 0.